The zero-order chi connectivity index (χ0) is 15.3. The quantitative estimate of drug-likeness (QED) is 0.861. The number of carbonyl (C=O) groups is 1. The molecule has 0 saturated carbocycles. The van der Waals surface area contributed by atoms with Crippen LogP contribution in [0.25, 0.3) is 0 Å². The molecule has 1 aromatic carbocycles. The van der Waals surface area contributed by atoms with Gasteiger partial charge < -0.3 is 20.5 Å². The number of hydrogen-bond donors (Lipinski definition) is 2. The van der Waals surface area contributed by atoms with Crippen LogP contribution in [0.5, 0.6) is 11.5 Å². The van der Waals surface area contributed by atoms with E-state index in [1.54, 1.807) is 20.3 Å². The highest BCUT2D eigenvalue weighted by molar-refractivity contribution is 5.82. The minimum Gasteiger partial charge on any atom is -0.497 e. The van der Waals surface area contributed by atoms with Crippen LogP contribution >= 0.6 is 0 Å². The fraction of sp³-hybridized carbons (Fsp3) is 0.533. The van der Waals surface area contributed by atoms with Gasteiger partial charge >= 0.3 is 0 Å². The lowest BCUT2D eigenvalue weighted by molar-refractivity contribution is -0.124. The molecule has 0 aromatic heterocycles. The first-order valence-corrected chi connectivity index (χ1v) is 6.53. The lowest BCUT2D eigenvalue weighted by Crippen LogP contribution is -2.48. The van der Waals surface area contributed by atoms with Crippen LogP contribution in [0.4, 0.5) is 0 Å². The molecule has 0 fully saturated rings. The molecule has 0 radical (unpaired) electrons. The van der Waals surface area contributed by atoms with E-state index in [1.165, 1.54) is 0 Å². The summed E-state index contributed by atoms with van der Waals surface area (Å²) in [5.41, 5.74) is 6.52. The van der Waals surface area contributed by atoms with Gasteiger partial charge in [0.1, 0.15) is 11.5 Å². The molecule has 1 amide bonds. The molecule has 0 saturated heterocycles. The summed E-state index contributed by atoms with van der Waals surface area (Å²) in [6.07, 6.45) is 0. The molecule has 0 unspecified atom stereocenters. The van der Waals surface area contributed by atoms with Crippen LogP contribution in [0.2, 0.25) is 0 Å². The molecule has 0 heterocycles. The van der Waals surface area contributed by atoms with E-state index in [2.05, 4.69) is 5.32 Å². The average Bonchev–Trinajstić information content (AvgIpc) is 2.42. The molecule has 0 bridgehead atoms. The molecule has 0 aliphatic rings. The fourth-order valence-corrected chi connectivity index (χ4v) is 1.68. The van der Waals surface area contributed by atoms with Gasteiger partial charge in [-0.3, -0.25) is 4.79 Å². The maximum Gasteiger partial charge on any atom is 0.237 e. The van der Waals surface area contributed by atoms with Crippen molar-refractivity contribution in [1.29, 1.82) is 0 Å². The molecule has 112 valence electrons. The Balaban J connectivity index is 2.73. The maximum atomic E-state index is 12.0. The molecular formula is C15H24N2O3. The fourth-order valence-electron chi connectivity index (χ4n) is 1.68. The van der Waals surface area contributed by atoms with Crippen molar-refractivity contribution in [1.82, 2.24) is 5.32 Å². The lowest BCUT2D eigenvalue weighted by atomic mass is 9.87. The Morgan fingerprint density at radius 1 is 1.30 bits per heavy atom. The van der Waals surface area contributed by atoms with Crippen molar-refractivity contribution < 1.29 is 14.3 Å². The molecule has 3 N–H and O–H groups in total. The van der Waals surface area contributed by atoms with Crippen molar-refractivity contribution in [2.75, 3.05) is 14.2 Å². The van der Waals surface area contributed by atoms with E-state index in [-0.39, 0.29) is 11.3 Å². The van der Waals surface area contributed by atoms with Crippen molar-refractivity contribution in [3.63, 3.8) is 0 Å². The molecule has 1 atom stereocenters. The van der Waals surface area contributed by atoms with Crippen LogP contribution in [0, 0.1) is 5.41 Å². The lowest BCUT2D eigenvalue weighted by Gasteiger charge is -2.26. The summed E-state index contributed by atoms with van der Waals surface area (Å²) in [7, 11) is 3.18. The third-order valence-electron chi connectivity index (χ3n) is 3.16. The minimum atomic E-state index is -0.549. The molecular weight excluding hydrogens is 256 g/mol. The van der Waals surface area contributed by atoms with Gasteiger partial charge in [0.25, 0.3) is 0 Å². The first-order valence-electron chi connectivity index (χ1n) is 6.53. The normalized spacial score (nSPS) is 12.7. The number of nitrogens with one attached hydrogen (secondary N) is 1. The van der Waals surface area contributed by atoms with Gasteiger partial charge in [-0.15, -0.1) is 0 Å². The summed E-state index contributed by atoms with van der Waals surface area (Å²) in [4.78, 5) is 12.0. The van der Waals surface area contributed by atoms with E-state index in [0.717, 1.165) is 5.56 Å². The average molecular weight is 280 g/mol. The van der Waals surface area contributed by atoms with Gasteiger partial charge in [-0.2, -0.15) is 0 Å². The number of hydrogen-bond acceptors (Lipinski definition) is 4. The van der Waals surface area contributed by atoms with Gasteiger partial charge in [-0.25, -0.2) is 0 Å². The molecule has 1 rings (SSSR count). The molecule has 5 nitrogen and oxygen atoms in total. The first-order chi connectivity index (χ1) is 9.29. The maximum absolute atomic E-state index is 12.0. The summed E-state index contributed by atoms with van der Waals surface area (Å²) in [5.74, 6) is 1.22. The Morgan fingerprint density at radius 2 is 1.95 bits per heavy atom. The van der Waals surface area contributed by atoms with Gasteiger partial charge in [0.15, 0.2) is 0 Å². The topological polar surface area (TPSA) is 73.6 Å². The van der Waals surface area contributed by atoms with Gasteiger partial charge in [0, 0.05) is 18.2 Å². The first kappa shape index (κ1) is 16.3. The molecule has 0 aliphatic carbocycles. The molecule has 0 aliphatic heterocycles. The number of methoxy groups -OCH3 is 2. The predicted octanol–water partition coefficient (Wildman–Crippen LogP) is 1.69. The van der Waals surface area contributed by atoms with Crippen LogP contribution in [0.3, 0.4) is 0 Å². The van der Waals surface area contributed by atoms with E-state index in [0.29, 0.717) is 18.0 Å². The predicted molar refractivity (Wildman–Crippen MR) is 78.8 cm³/mol. The van der Waals surface area contributed by atoms with E-state index in [1.807, 2.05) is 32.9 Å². The van der Waals surface area contributed by atoms with E-state index < -0.39 is 6.04 Å². The molecule has 1 aromatic rings. The molecule has 20 heavy (non-hydrogen) atoms. The minimum absolute atomic E-state index is 0.171. The summed E-state index contributed by atoms with van der Waals surface area (Å²) in [6.45, 7) is 6.18. The van der Waals surface area contributed by atoms with Crippen molar-refractivity contribution in [2.45, 2.75) is 33.4 Å². The summed E-state index contributed by atoms with van der Waals surface area (Å²) in [6, 6.07) is 4.92. The van der Waals surface area contributed by atoms with Crippen LogP contribution in [0.1, 0.15) is 26.3 Å². The van der Waals surface area contributed by atoms with E-state index >= 15 is 0 Å². The second kappa shape index (κ2) is 6.61. The number of rotatable bonds is 5. The Labute approximate surface area is 120 Å². The standard InChI is InChI=1S/C15H24N2O3/c1-15(2,3)13(16)14(18)17-9-10-6-7-11(19-4)8-12(10)20-5/h6-8,13H,9,16H2,1-5H3,(H,17,18)/t13-/m0/s1. The van der Waals surface area contributed by atoms with Crippen LogP contribution in [-0.4, -0.2) is 26.2 Å². The smallest absolute Gasteiger partial charge is 0.237 e. The Morgan fingerprint density at radius 3 is 2.45 bits per heavy atom. The number of carbonyl (C=O) groups excluding carboxylic acids is 1. The SMILES string of the molecule is COc1ccc(CNC(=O)[C@H](N)C(C)(C)C)c(OC)c1. The van der Waals surface area contributed by atoms with E-state index in [4.69, 9.17) is 15.2 Å². The van der Waals surface area contributed by atoms with Crippen molar-refractivity contribution in [2.24, 2.45) is 11.1 Å². The van der Waals surface area contributed by atoms with Gasteiger partial charge in [-0.05, 0) is 17.5 Å². The number of nitrogens with two attached hydrogens (primary N) is 1. The third kappa shape index (κ3) is 4.13. The number of ether oxygens (including phenoxy) is 2. The number of amides is 1. The third-order valence-corrected chi connectivity index (χ3v) is 3.16. The summed E-state index contributed by atoms with van der Waals surface area (Å²) < 4.78 is 10.4. The van der Waals surface area contributed by atoms with Crippen LogP contribution in [-0.2, 0) is 11.3 Å². The summed E-state index contributed by atoms with van der Waals surface area (Å²) >= 11 is 0. The Hall–Kier alpha value is -1.75. The van der Waals surface area contributed by atoms with Crippen LogP contribution in [0.15, 0.2) is 18.2 Å². The number of benzene rings is 1. The molecule has 5 heteroatoms. The molecule has 0 spiro atoms. The van der Waals surface area contributed by atoms with Crippen LogP contribution < -0.4 is 20.5 Å². The van der Waals surface area contributed by atoms with Crippen molar-refractivity contribution in [3.05, 3.63) is 23.8 Å². The monoisotopic (exact) mass is 280 g/mol. The highest BCUT2D eigenvalue weighted by atomic mass is 16.5. The Kier molecular flexibility index (Phi) is 5.39. The highest BCUT2D eigenvalue weighted by Gasteiger charge is 2.27. The van der Waals surface area contributed by atoms with Crippen molar-refractivity contribution in [3.8, 4) is 11.5 Å². The highest BCUT2D eigenvalue weighted by Crippen LogP contribution is 2.24. The second-order valence-corrected chi connectivity index (χ2v) is 5.74. The zero-order valence-corrected chi connectivity index (χ0v) is 12.8. The Bertz CT molecular complexity index is 467. The van der Waals surface area contributed by atoms with Gasteiger partial charge in [0.05, 0.1) is 20.3 Å². The summed E-state index contributed by atoms with van der Waals surface area (Å²) in [5, 5.41) is 2.83. The van der Waals surface area contributed by atoms with E-state index in [9.17, 15) is 4.79 Å². The van der Waals surface area contributed by atoms with Gasteiger partial charge in [0.2, 0.25) is 5.91 Å². The zero-order valence-electron chi connectivity index (χ0n) is 12.8. The van der Waals surface area contributed by atoms with Crippen molar-refractivity contribution >= 4 is 5.91 Å². The largest absolute Gasteiger partial charge is 0.497 e. The van der Waals surface area contributed by atoms with Gasteiger partial charge in [-0.1, -0.05) is 20.8 Å². The second-order valence-electron chi connectivity index (χ2n) is 5.74.